The van der Waals surface area contributed by atoms with Gasteiger partial charge >= 0.3 is 5.97 Å². The van der Waals surface area contributed by atoms with Crippen molar-refractivity contribution in [1.29, 1.82) is 0 Å². The molecular weight excluding hydrogens is 224 g/mol. The second-order valence-electron chi connectivity index (χ2n) is 3.25. The lowest BCUT2D eigenvalue weighted by atomic mass is 10.4. The minimum absolute atomic E-state index is 0.0540. The largest absolute Gasteiger partial charge is 0.477 e. The SMILES string of the molecule is Cn1ncc(CNc2nccc(C(=O)O)n2)n1. The molecule has 2 rings (SSSR count). The van der Waals surface area contributed by atoms with Gasteiger partial charge in [-0.05, 0) is 6.07 Å². The fraction of sp³-hybridized carbons (Fsp3) is 0.222. The summed E-state index contributed by atoms with van der Waals surface area (Å²) in [6.45, 7) is 0.386. The smallest absolute Gasteiger partial charge is 0.354 e. The van der Waals surface area contributed by atoms with E-state index in [0.29, 0.717) is 6.54 Å². The Labute approximate surface area is 96.3 Å². The lowest BCUT2D eigenvalue weighted by molar-refractivity contribution is 0.0690. The van der Waals surface area contributed by atoms with E-state index in [0.717, 1.165) is 5.69 Å². The molecule has 0 radical (unpaired) electrons. The first-order valence-electron chi connectivity index (χ1n) is 4.80. The Hall–Kier alpha value is -2.51. The van der Waals surface area contributed by atoms with Crippen LogP contribution in [0.4, 0.5) is 5.95 Å². The summed E-state index contributed by atoms with van der Waals surface area (Å²) in [5.74, 6) is -0.842. The molecule has 8 nitrogen and oxygen atoms in total. The zero-order chi connectivity index (χ0) is 12.3. The van der Waals surface area contributed by atoms with Crippen molar-refractivity contribution in [1.82, 2.24) is 25.0 Å². The second-order valence-corrected chi connectivity index (χ2v) is 3.25. The third kappa shape index (κ3) is 2.74. The molecule has 0 spiro atoms. The minimum atomic E-state index is -1.09. The van der Waals surface area contributed by atoms with E-state index in [1.807, 2.05) is 0 Å². The van der Waals surface area contributed by atoms with Crippen molar-refractivity contribution in [3.63, 3.8) is 0 Å². The predicted octanol–water partition coefficient (Wildman–Crippen LogP) is -0.0846. The Kier molecular flexibility index (Phi) is 2.95. The molecule has 0 aromatic carbocycles. The number of aromatic carboxylic acids is 1. The summed E-state index contributed by atoms with van der Waals surface area (Å²) in [5, 5.41) is 19.6. The first-order chi connectivity index (χ1) is 8.15. The molecule has 0 aliphatic carbocycles. The topological polar surface area (TPSA) is 106 Å². The maximum Gasteiger partial charge on any atom is 0.354 e. The molecule has 0 amide bonds. The van der Waals surface area contributed by atoms with Gasteiger partial charge in [0.15, 0.2) is 5.69 Å². The first-order valence-corrected chi connectivity index (χ1v) is 4.80. The lowest BCUT2D eigenvalue weighted by Gasteiger charge is -2.02. The van der Waals surface area contributed by atoms with Crippen LogP contribution in [0.2, 0.25) is 0 Å². The third-order valence-corrected chi connectivity index (χ3v) is 1.95. The van der Waals surface area contributed by atoms with E-state index in [4.69, 9.17) is 5.11 Å². The number of hydrogen-bond donors (Lipinski definition) is 2. The molecule has 2 aromatic rings. The number of aryl methyl sites for hydroxylation is 1. The fourth-order valence-corrected chi connectivity index (χ4v) is 1.20. The van der Waals surface area contributed by atoms with Gasteiger partial charge in [0.05, 0.1) is 12.7 Å². The summed E-state index contributed by atoms with van der Waals surface area (Å²) in [4.78, 5) is 19.8. The quantitative estimate of drug-likeness (QED) is 0.761. The molecule has 0 aliphatic heterocycles. The zero-order valence-corrected chi connectivity index (χ0v) is 9.03. The number of hydrogen-bond acceptors (Lipinski definition) is 6. The number of carboxylic acid groups (broad SMARTS) is 1. The van der Waals surface area contributed by atoms with Crippen molar-refractivity contribution >= 4 is 11.9 Å². The van der Waals surface area contributed by atoms with Crippen LogP contribution in [-0.4, -0.2) is 36.0 Å². The van der Waals surface area contributed by atoms with Gasteiger partial charge in [0.2, 0.25) is 5.95 Å². The van der Waals surface area contributed by atoms with Crippen LogP contribution in [0, 0.1) is 0 Å². The predicted molar refractivity (Wildman–Crippen MR) is 57.3 cm³/mol. The molecule has 0 aliphatic rings. The van der Waals surface area contributed by atoms with Gasteiger partial charge in [0.25, 0.3) is 0 Å². The number of nitrogens with zero attached hydrogens (tertiary/aromatic N) is 5. The van der Waals surface area contributed by atoms with Gasteiger partial charge in [0, 0.05) is 13.2 Å². The molecular formula is C9H10N6O2. The van der Waals surface area contributed by atoms with Gasteiger partial charge in [-0.25, -0.2) is 14.8 Å². The first kappa shape index (κ1) is 11.0. The number of carboxylic acids is 1. The van der Waals surface area contributed by atoms with Crippen molar-refractivity contribution in [2.24, 2.45) is 7.05 Å². The van der Waals surface area contributed by atoms with Crippen LogP contribution in [-0.2, 0) is 13.6 Å². The number of rotatable bonds is 4. The average molecular weight is 234 g/mol. The van der Waals surface area contributed by atoms with Gasteiger partial charge in [-0.1, -0.05) is 0 Å². The summed E-state index contributed by atoms with van der Waals surface area (Å²) in [7, 11) is 1.71. The summed E-state index contributed by atoms with van der Waals surface area (Å²) in [6, 6.07) is 1.33. The molecule has 2 aromatic heterocycles. The zero-order valence-electron chi connectivity index (χ0n) is 9.03. The molecule has 17 heavy (non-hydrogen) atoms. The van der Waals surface area contributed by atoms with Crippen LogP contribution >= 0.6 is 0 Å². The average Bonchev–Trinajstić information content (AvgIpc) is 2.73. The van der Waals surface area contributed by atoms with Gasteiger partial charge in [-0.2, -0.15) is 15.0 Å². The van der Waals surface area contributed by atoms with E-state index in [9.17, 15) is 4.79 Å². The Morgan fingerprint density at radius 3 is 3.06 bits per heavy atom. The second kappa shape index (κ2) is 4.56. The van der Waals surface area contributed by atoms with Crippen LogP contribution in [0.25, 0.3) is 0 Å². The Balaban J connectivity index is 2.04. The van der Waals surface area contributed by atoms with Crippen molar-refractivity contribution in [2.45, 2.75) is 6.54 Å². The van der Waals surface area contributed by atoms with E-state index in [1.54, 1.807) is 13.2 Å². The van der Waals surface area contributed by atoms with Gasteiger partial charge in [-0.3, -0.25) is 0 Å². The van der Waals surface area contributed by atoms with E-state index in [2.05, 4.69) is 25.5 Å². The van der Waals surface area contributed by atoms with Gasteiger partial charge in [0.1, 0.15) is 5.69 Å². The molecule has 0 atom stereocenters. The van der Waals surface area contributed by atoms with Gasteiger partial charge in [-0.15, -0.1) is 0 Å². The molecule has 2 N–H and O–H groups in total. The van der Waals surface area contributed by atoms with E-state index in [1.165, 1.54) is 17.1 Å². The molecule has 2 heterocycles. The standard InChI is InChI=1S/C9H10N6O2/c1-15-12-5-6(14-15)4-11-9-10-3-2-7(13-9)8(16)17/h2-3,5H,4H2,1H3,(H,16,17)(H,10,11,13). The molecule has 0 bridgehead atoms. The fourth-order valence-electron chi connectivity index (χ4n) is 1.20. The van der Waals surface area contributed by atoms with Crippen LogP contribution in [0.5, 0.6) is 0 Å². The van der Waals surface area contributed by atoms with Crippen molar-refractivity contribution in [3.8, 4) is 0 Å². The van der Waals surface area contributed by atoms with E-state index < -0.39 is 5.97 Å². The highest BCUT2D eigenvalue weighted by molar-refractivity contribution is 5.85. The van der Waals surface area contributed by atoms with E-state index >= 15 is 0 Å². The molecule has 0 saturated heterocycles. The van der Waals surface area contributed by atoms with Crippen molar-refractivity contribution in [3.05, 3.63) is 29.8 Å². The number of aromatic nitrogens is 5. The van der Waals surface area contributed by atoms with Crippen LogP contribution < -0.4 is 5.32 Å². The molecule has 0 unspecified atom stereocenters. The monoisotopic (exact) mass is 234 g/mol. The lowest BCUT2D eigenvalue weighted by Crippen LogP contribution is -2.08. The Morgan fingerprint density at radius 1 is 1.59 bits per heavy atom. The summed E-state index contributed by atoms with van der Waals surface area (Å²) >= 11 is 0. The maximum atomic E-state index is 10.7. The molecule has 0 saturated carbocycles. The van der Waals surface area contributed by atoms with Gasteiger partial charge < -0.3 is 10.4 Å². The highest BCUT2D eigenvalue weighted by Crippen LogP contribution is 2.02. The maximum absolute atomic E-state index is 10.7. The Morgan fingerprint density at radius 2 is 2.41 bits per heavy atom. The Bertz CT molecular complexity index is 538. The normalized spacial score (nSPS) is 10.2. The van der Waals surface area contributed by atoms with Crippen LogP contribution in [0.15, 0.2) is 18.5 Å². The molecule has 88 valence electrons. The number of nitrogens with one attached hydrogen (secondary N) is 1. The highest BCUT2D eigenvalue weighted by atomic mass is 16.4. The van der Waals surface area contributed by atoms with Crippen molar-refractivity contribution in [2.75, 3.05) is 5.32 Å². The number of anilines is 1. The van der Waals surface area contributed by atoms with E-state index in [-0.39, 0.29) is 11.6 Å². The minimum Gasteiger partial charge on any atom is -0.477 e. The summed E-state index contributed by atoms with van der Waals surface area (Å²) in [5.41, 5.74) is 0.665. The molecule has 8 heteroatoms. The van der Waals surface area contributed by atoms with Crippen LogP contribution in [0.3, 0.4) is 0 Å². The third-order valence-electron chi connectivity index (χ3n) is 1.95. The summed E-state index contributed by atoms with van der Waals surface area (Å²) in [6.07, 6.45) is 2.99. The van der Waals surface area contributed by atoms with Crippen LogP contribution in [0.1, 0.15) is 16.2 Å². The summed E-state index contributed by atoms with van der Waals surface area (Å²) < 4.78 is 0. The van der Waals surface area contributed by atoms with Crippen molar-refractivity contribution < 1.29 is 9.90 Å². The number of carbonyl (C=O) groups is 1. The highest BCUT2D eigenvalue weighted by Gasteiger charge is 2.06. The molecule has 0 fully saturated rings.